The van der Waals surface area contributed by atoms with Crippen LogP contribution >= 0.6 is 11.3 Å². The van der Waals surface area contributed by atoms with E-state index in [0.29, 0.717) is 19.0 Å². The Hall–Kier alpha value is -2.19. The third kappa shape index (κ3) is 4.85. The molecule has 0 radical (unpaired) electrons. The Balaban J connectivity index is 1.42. The summed E-state index contributed by atoms with van der Waals surface area (Å²) in [4.78, 5) is 13.2. The molecule has 0 aliphatic carbocycles. The topological polar surface area (TPSA) is 41.0 Å². The highest BCUT2D eigenvalue weighted by atomic mass is 32.1. The summed E-state index contributed by atoms with van der Waals surface area (Å²) in [7, 11) is 0. The van der Waals surface area contributed by atoms with E-state index in [1.165, 1.54) is 4.88 Å². The second kappa shape index (κ2) is 9.12. The van der Waals surface area contributed by atoms with Crippen LogP contribution in [-0.2, 0) is 6.42 Å². The van der Waals surface area contributed by atoms with Crippen LogP contribution in [0, 0.1) is 23.4 Å². The van der Waals surface area contributed by atoms with Crippen molar-refractivity contribution in [2.24, 2.45) is 5.92 Å². The average molecular weight is 449 g/mol. The van der Waals surface area contributed by atoms with Gasteiger partial charge in [-0.05, 0) is 38.2 Å². The molecule has 4 rings (SSSR count). The first kappa shape index (κ1) is 22.0. The Morgan fingerprint density at radius 3 is 2.39 bits per heavy atom. The van der Waals surface area contributed by atoms with Gasteiger partial charge in [0.25, 0.3) is 0 Å². The standard InChI is InChI=1S/C23H27F3N4S/c1-13(2)8-17-11-18-22(27-12-28-23(18)31-17)29-16-4-6-30(7-5-16)14(3)21-19(25)9-15(24)10-20(21)26/h9-14,16H,4-8H2,1-3H3,(H,27,28,29). The first-order chi connectivity index (χ1) is 14.8. The van der Waals surface area contributed by atoms with Crippen molar-refractivity contribution in [1.29, 1.82) is 0 Å². The molecule has 1 unspecified atom stereocenters. The van der Waals surface area contributed by atoms with Crippen molar-refractivity contribution in [2.75, 3.05) is 18.4 Å². The van der Waals surface area contributed by atoms with E-state index in [2.05, 4.69) is 35.2 Å². The fourth-order valence-corrected chi connectivity index (χ4v) is 5.49. The molecule has 0 saturated carbocycles. The second-order valence-corrected chi connectivity index (χ2v) is 9.78. The van der Waals surface area contributed by atoms with E-state index in [-0.39, 0.29) is 11.6 Å². The summed E-state index contributed by atoms with van der Waals surface area (Å²) in [6, 6.07) is 3.44. The molecule has 0 amide bonds. The van der Waals surface area contributed by atoms with Gasteiger partial charge in [-0.1, -0.05) is 13.8 Å². The highest BCUT2D eigenvalue weighted by Crippen LogP contribution is 2.32. The summed E-state index contributed by atoms with van der Waals surface area (Å²) >= 11 is 1.71. The zero-order valence-electron chi connectivity index (χ0n) is 18.0. The molecule has 166 valence electrons. The zero-order valence-corrected chi connectivity index (χ0v) is 18.8. The number of hydrogen-bond acceptors (Lipinski definition) is 5. The lowest BCUT2D eigenvalue weighted by Gasteiger charge is -2.36. The van der Waals surface area contributed by atoms with Crippen LogP contribution in [0.1, 0.15) is 50.1 Å². The predicted molar refractivity (Wildman–Crippen MR) is 119 cm³/mol. The van der Waals surface area contributed by atoms with Crippen LogP contribution in [-0.4, -0.2) is 34.0 Å². The van der Waals surface area contributed by atoms with E-state index in [4.69, 9.17) is 0 Å². The van der Waals surface area contributed by atoms with Gasteiger partial charge in [-0.25, -0.2) is 23.1 Å². The maximum atomic E-state index is 14.2. The molecule has 1 N–H and O–H groups in total. The highest BCUT2D eigenvalue weighted by molar-refractivity contribution is 7.18. The average Bonchev–Trinajstić information content (AvgIpc) is 3.10. The molecule has 1 aliphatic heterocycles. The number of thiophene rings is 1. The second-order valence-electron chi connectivity index (χ2n) is 8.67. The molecule has 8 heteroatoms. The van der Waals surface area contributed by atoms with Gasteiger partial charge in [-0.2, -0.15) is 0 Å². The van der Waals surface area contributed by atoms with Gasteiger partial charge in [-0.15, -0.1) is 11.3 Å². The summed E-state index contributed by atoms with van der Waals surface area (Å²) in [6.45, 7) is 7.54. The molecule has 31 heavy (non-hydrogen) atoms. The van der Waals surface area contributed by atoms with Crippen molar-refractivity contribution >= 4 is 27.4 Å². The quantitative estimate of drug-likeness (QED) is 0.506. The van der Waals surface area contributed by atoms with E-state index in [1.54, 1.807) is 24.6 Å². The van der Waals surface area contributed by atoms with Crippen molar-refractivity contribution in [2.45, 2.75) is 52.1 Å². The molecular weight excluding hydrogens is 421 g/mol. The van der Waals surface area contributed by atoms with Crippen LogP contribution < -0.4 is 5.32 Å². The summed E-state index contributed by atoms with van der Waals surface area (Å²) in [6.07, 6.45) is 4.26. The van der Waals surface area contributed by atoms with Gasteiger partial charge in [0.15, 0.2) is 0 Å². The van der Waals surface area contributed by atoms with E-state index in [1.807, 2.05) is 4.90 Å². The van der Waals surface area contributed by atoms with Gasteiger partial charge in [-0.3, -0.25) is 4.90 Å². The number of piperidine rings is 1. The maximum Gasteiger partial charge on any atom is 0.138 e. The van der Waals surface area contributed by atoms with E-state index < -0.39 is 23.5 Å². The van der Waals surface area contributed by atoms with E-state index in [0.717, 1.165) is 47.4 Å². The number of likely N-dealkylation sites (tertiary alicyclic amines) is 1. The fourth-order valence-electron chi connectivity index (χ4n) is 4.28. The minimum Gasteiger partial charge on any atom is -0.367 e. The van der Waals surface area contributed by atoms with Gasteiger partial charge in [0.05, 0.1) is 5.39 Å². The Morgan fingerprint density at radius 2 is 1.74 bits per heavy atom. The molecular formula is C23H27F3N4S. The Labute approximate surface area is 184 Å². The lowest BCUT2D eigenvalue weighted by Crippen LogP contribution is -2.40. The normalized spacial score (nSPS) is 16.9. The Morgan fingerprint density at radius 1 is 1.06 bits per heavy atom. The third-order valence-corrected chi connectivity index (χ3v) is 6.93. The number of fused-ring (bicyclic) bond motifs is 1. The summed E-state index contributed by atoms with van der Waals surface area (Å²) in [5, 5.41) is 4.60. The van der Waals surface area contributed by atoms with Crippen LogP contribution in [0.25, 0.3) is 10.2 Å². The van der Waals surface area contributed by atoms with Crippen LogP contribution in [0.4, 0.5) is 19.0 Å². The van der Waals surface area contributed by atoms with E-state index >= 15 is 0 Å². The molecule has 0 spiro atoms. The van der Waals surface area contributed by atoms with Crippen molar-refractivity contribution in [3.8, 4) is 0 Å². The molecule has 0 bridgehead atoms. The van der Waals surface area contributed by atoms with Crippen molar-refractivity contribution in [3.05, 3.63) is 52.4 Å². The van der Waals surface area contributed by atoms with Crippen molar-refractivity contribution < 1.29 is 13.2 Å². The molecule has 2 aromatic heterocycles. The van der Waals surface area contributed by atoms with Crippen LogP contribution in [0.3, 0.4) is 0 Å². The predicted octanol–water partition coefficient (Wildman–Crippen LogP) is 5.94. The maximum absolute atomic E-state index is 14.2. The lowest BCUT2D eigenvalue weighted by molar-refractivity contribution is 0.161. The van der Waals surface area contributed by atoms with Gasteiger partial charge < -0.3 is 5.32 Å². The Bertz CT molecular complexity index is 1040. The lowest BCUT2D eigenvalue weighted by atomic mass is 9.99. The van der Waals surface area contributed by atoms with E-state index in [9.17, 15) is 13.2 Å². The minimum absolute atomic E-state index is 0.0683. The zero-order chi connectivity index (χ0) is 22.1. The first-order valence-electron chi connectivity index (χ1n) is 10.7. The first-order valence-corrected chi connectivity index (χ1v) is 11.5. The Kier molecular flexibility index (Phi) is 6.48. The van der Waals surface area contributed by atoms with Crippen molar-refractivity contribution in [3.63, 3.8) is 0 Å². The third-order valence-electron chi connectivity index (χ3n) is 5.87. The number of aromatic nitrogens is 2. The van der Waals surface area contributed by atoms with Gasteiger partial charge >= 0.3 is 0 Å². The molecule has 3 heterocycles. The monoisotopic (exact) mass is 448 g/mol. The molecule has 1 saturated heterocycles. The summed E-state index contributed by atoms with van der Waals surface area (Å²) in [5.41, 5.74) is -0.0683. The minimum atomic E-state index is -0.894. The fraction of sp³-hybridized carbons (Fsp3) is 0.478. The summed E-state index contributed by atoms with van der Waals surface area (Å²) < 4.78 is 41.6. The SMILES string of the molecule is CC(C)Cc1cc2c(NC3CCN(C(C)c4c(F)cc(F)cc4F)CC3)ncnc2s1. The summed E-state index contributed by atoms with van der Waals surface area (Å²) in [5.74, 6) is -1.13. The van der Waals surface area contributed by atoms with Gasteiger partial charge in [0.1, 0.15) is 34.4 Å². The molecule has 1 fully saturated rings. The number of halogens is 3. The van der Waals surface area contributed by atoms with Gasteiger partial charge in [0, 0.05) is 47.7 Å². The number of nitrogens with zero attached hydrogens (tertiary/aromatic N) is 3. The number of hydrogen-bond donors (Lipinski definition) is 1. The number of benzene rings is 1. The van der Waals surface area contributed by atoms with Crippen molar-refractivity contribution in [1.82, 2.24) is 14.9 Å². The highest BCUT2D eigenvalue weighted by Gasteiger charge is 2.28. The number of nitrogens with one attached hydrogen (secondary N) is 1. The van der Waals surface area contributed by atoms with Crippen LogP contribution in [0.2, 0.25) is 0 Å². The molecule has 1 aliphatic rings. The number of anilines is 1. The van der Waals surface area contributed by atoms with Crippen LogP contribution in [0.15, 0.2) is 24.5 Å². The largest absolute Gasteiger partial charge is 0.367 e. The number of rotatable bonds is 6. The van der Waals surface area contributed by atoms with Crippen LogP contribution in [0.5, 0.6) is 0 Å². The molecule has 1 atom stereocenters. The molecule has 4 nitrogen and oxygen atoms in total. The molecule has 3 aromatic rings. The molecule has 1 aromatic carbocycles. The smallest absolute Gasteiger partial charge is 0.138 e. The van der Waals surface area contributed by atoms with Gasteiger partial charge in [0.2, 0.25) is 0 Å².